The van der Waals surface area contributed by atoms with Crippen LogP contribution in [0.4, 0.5) is 0 Å². The normalized spacial score (nSPS) is 15.2. The average molecular weight is 400 g/mol. The summed E-state index contributed by atoms with van der Waals surface area (Å²) in [5.74, 6) is -1.75. The number of aliphatic hydroxyl groups excluding tert-OH is 1. The SMILES string of the molecule is CO[C@@H](/C=C/C=C\[Si](C(C)C)(C(C)C)C(C)C)CC(=O)N[C@@H](CO)C(=O)O. The van der Waals surface area contributed by atoms with Gasteiger partial charge in [0.1, 0.15) is 6.04 Å². The predicted octanol–water partition coefficient (Wildman–Crippen LogP) is 3.28. The van der Waals surface area contributed by atoms with Crippen molar-refractivity contribution in [3.8, 4) is 0 Å². The van der Waals surface area contributed by atoms with Crippen LogP contribution >= 0.6 is 0 Å². The molecule has 0 aromatic rings. The van der Waals surface area contributed by atoms with Crippen LogP contribution in [-0.4, -0.2) is 56.0 Å². The number of aliphatic carboxylic acids is 1. The Morgan fingerprint density at radius 1 is 1.04 bits per heavy atom. The fourth-order valence-electron chi connectivity index (χ4n) is 3.84. The van der Waals surface area contributed by atoms with Crippen molar-refractivity contribution in [1.29, 1.82) is 0 Å². The molecule has 0 saturated carbocycles. The Kier molecular flexibility index (Phi) is 11.5. The summed E-state index contributed by atoms with van der Waals surface area (Å²) in [4.78, 5) is 22.8. The van der Waals surface area contributed by atoms with Crippen LogP contribution in [0.25, 0.3) is 0 Å². The minimum Gasteiger partial charge on any atom is -0.480 e. The molecule has 1 amide bonds. The van der Waals surface area contributed by atoms with E-state index in [2.05, 4.69) is 58.6 Å². The standard InChI is InChI=1S/C20H37NO5Si/c1-14(2)27(15(3)4,16(5)6)11-9-8-10-17(26-7)12-19(23)21-18(13-22)20(24)25/h8-11,14-18,22H,12-13H2,1-7H3,(H,21,23)(H,24,25)/b10-8+,11-9-/t17-,18-/m0/s1. The van der Waals surface area contributed by atoms with Crippen molar-refractivity contribution in [1.82, 2.24) is 5.32 Å². The molecule has 0 unspecified atom stereocenters. The fraction of sp³-hybridized carbons (Fsp3) is 0.700. The molecule has 0 aliphatic carbocycles. The molecule has 7 heteroatoms. The summed E-state index contributed by atoms with van der Waals surface area (Å²) in [5, 5.41) is 20.1. The van der Waals surface area contributed by atoms with Gasteiger partial charge in [0.05, 0.1) is 27.2 Å². The number of aliphatic hydroxyl groups is 1. The predicted molar refractivity (Wildman–Crippen MR) is 111 cm³/mol. The van der Waals surface area contributed by atoms with Crippen molar-refractivity contribution < 1.29 is 24.5 Å². The molecule has 0 heterocycles. The first-order valence-electron chi connectivity index (χ1n) is 9.54. The first-order valence-corrected chi connectivity index (χ1v) is 11.9. The molecule has 27 heavy (non-hydrogen) atoms. The Bertz CT molecular complexity index is 507. The van der Waals surface area contributed by atoms with Crippen LogP contribution in [0.15, 0.2) is 23.9 Å². The van der Waals surface area contributed by atoms with Gasteiger partial charge >= 0.3 is 5.97 Å². The van der Waals surface area contributed by atoms with Gasteiger partial charge in [-0.1, -0.05) is 65.5 Å². The molecular weight excluding hydrogens is 362 g/mol. The van der Waals surface area contributed by atoms with E-state index in [4.69, 9.17) is 14.9 Å². The lowest BCUT2D eigenvalue weighted by atomic mass is 10.2. The number of carboxylic acids is 1. The summed E-state index contributed by atoms with van der Waals surface area (Å²) in [6.45, 7) is 13.1. The van der Waals surface area contributed by atoms with Gasteiger partial charge in [0.15, 0.2) is 0 Å². The van der Waals surface area contributed by atoms with E-state index in [0.717, 1.165) is 0 Å². The quantitative estimate of drug-likeness (QED) is 0.346. The molecule has 0 aromatic carbocycles. The average Bonchev–Trinajstić information content (AvgIpc) is 2.57. The summed E-state index contributed by atoms with van der Waals surface area (Å²) < 4.78 is 5.29. The van der Waals surface area contributed by atoms with Crippen molar-refractivity contribution in [2.24, 2.45) is 0 Å². The summed E-state index contributed by atoms with van der Waals surface area (Å²) in [6.07, 6.45) is 5.29. The van der Waals surface area contributed by atoms with Crippen LogP contribution in [0, 0.1) is 0 Å². The van der Waals surface area contributed by atoms with E-state index in [0.29, 0.717) is 16.6 Å². The van der Waals surface area contributed by atoms with Crippen molar-refractivity contribution in [3.63, 3.8) is 0 Å². The topological polar surface area (TPSA) is 95.9 Å². The van der Waals surface area contributed by atoms with Gasteiger partial charge in [-0.05, 0) is 16.6 Å². The number of allylic oxidation sites excluding steroid dienone is 2. The molecule has 0 rings (SSSR count). The number of methoxy groups -OCH3 is 1. The van der Waals surface area contributed by atoms with Crippen LogP contribution in [-0.2, 0) is 14.3 Å². The van der Waals surface area contributed by atoms with Crippen molar-refractivity contribution >= 4 is 20.0 Å². The lowest BCUT2D eigenvalue weighted by Gasteiger charge is -2.40. The lowest BCUT2D eigenvalue weighted by Crippen LogP contribution is -2.44. The van der Waals surface area contributed by atoms with Crippen LogP contribution in [0.1, 0.15) is 48.0 Å². The number of carbonyl (C=O) groups is 2. The molecule has 0 saturated heterocycles. The second kappa shape index (κ2) is 12.1. The van der Waals surface area contributed by atoms with E-state index in [1.54, 1.807) is 6.08 Å². The van der Waals surface area contributed by atoms with Gasteiger partial charge in [-0.2, -0.15) is 0 Å². The summed E-state index contributed by atoms with van der Waals surface area (Å²) in [7, 11) is -0.124. The van der Waals surface area contributed by atoms with Crippen molar-refractivity contribution in [2.75, 3.05) is 13.7 Å². The van der Waals surface area contributed by atoms with Crippen LogP contribution < -0.4 is 5.32 Å². The molecule has 0 radical (unpaired) electrons. The van der Waals surface area contributed by atoms with Crippen LogP contribution in [0.3, 0.4) is 0 Å². The molecule has 0 aromatic heterocycles. The zero-order chi connectivity index (χ0) is 21.2. The van der Waals surface area contributed by atoms with Crippen LogP contribution in [0.2, 0.25) is 16.6 Å². The summed E-state index contributed by atoms with van der Waals surface area (Å²) in [6, 6.07) is -1.30. The van der Waals surface area contributed by atoms with Gasteiger partial charge in [0, 0.05) is 7.11 Å². The first kappa shape index (κ1) is 25.6. The number of hydrogen-bond donors (Lipinski definition) is 3. The lowest BCUT2D eigenvalue weighted by molar-refractivity contribution is -0.143. The summed E-state index contributed by atoms with van der Waals surface area (Å²) in [5.41, 5.74) is 4.25. The van der Waals surface area contributed by atoms with Gasteiger partial charge in [-0.25, -0.2) is 4.79 Å². The van der Waals surface area contributed by atoms with E-state index in [-0.39, 0.29) is 6.42 Å². The largest absolute Gasteiger partial charge is 0.480 e. The van der Waals surface area contributed by atoms with E-state index >= 15 is 0 Å². The highest BCUT2D eigenvalue weighted by Crippen LogP contribution is 2.42. The molecule has 3 N–H and O–H groups in total. The molecular formula is C20H37NO5Si. The molecule has 6 nitrogen and oxygen atoms in total. The zero-order valence-electron chi connectivity index (χ0n) is 17.7. The Morgan fingerprint density at radius 3 is 1.93 bits per heavy atom. The summed E-state index contributed by atoms with van der Waals surface area (Å²) >= 11 is 0. The molecule has 0 aliphatic rings. The number of carboxylic acid groups (broad SMARTS) is 1. The number of hydrogen-bond acceptors (Lipinski definition) is 4. The number of amides is 1. The first-order chi connectivity index (χ1) is 12.5. The van der Waals surface area contributed by atoms with E-state index in [9.17, 15) is 9.59 Å². The highest BCUT2D eigenvalue weighted by atomic mass is 28.3. The molecule has 2 atom stereocenters. The van der Waals surface area contributed by atoms with Gasteiger partial charge in [0.25, 0.3) is 0 Å². The van der Waals surface area contributed by atoms with E-state index < -0.39 is 38.7 Å². The third-order valence-electron chi connectivity index (χ3n) is 5.33. The monoisotopic (exact) mass is 399 g/mol. The van der Waals surface area contributed by atoms with E-state index in [1.165, 1.54) is 7.11 Å². The fourth-order valence-corrected chi connectivity index (χ4v) is 9.44. The smallest absolute Gasteiger partial charge is 0.328 e. The van der Waals surface area contributed by atoms with Crippen molar-refractivity contribution in [3.05, 3.63) is 23.9 Å². The second-order valence-electron chi connectivity index (χ2n) is 7.83. The van der Waals surface area contributed by atoms with Gasteiger partial charge < -0.3 is 20.3 Å². The molecule has 156 valence electrons. The van der Waals surface area contributed by atoms with Gasteiger partial charge in [-0.3, -0.25) is 4.79 Å². The van der Waals surface area contributed by atoms with Crippen LogP contribution in [0.5, 0.6) is 0 Å². The highest BCUT2D eigenvalue weighted by molar-refractivity contribution is 6.88. The molecule has 0 aliphatic heterocycles. The molecule has 0 fully saturated rings. The minimum atomic E-state index is -1.63. The molecule has 0 bridgehead atoms. The van der Waals surface area contributed by atoms with Gasteiger partial charge in [0.2, 0.25) is 5.91 Å². The third-order valence-corrected chi connectivity index (χ3v) is 12.1. The number of rotatable bonds is 12. The Hall–Kier alpha value is -1.44. The molecule has 0 spiro atoms. The third kappa shape index (κ3) is 7.60. The Balaban J connectivity index is 5.05. The Labute approximate surface area is 164 Å². The minimum absolute atomic E-state index is 0.00820. The Morgan fingerprint density at radius 2 is 1.56 bits per heavy atom. The maximum Gasteiger partial charge on any atom is 0.328 e. The second-order valence-corrected chi connectivity index (χ2v) is 13.6. The zero-order valence-corrected chi connectivity index (χ0v) is 18.7. The van der Waals surface area contributed by atoms with E-state index in [1.807, 2.05) is 6.08 Å². The number of carbonyl (C=O) groups excluding carboxylic acids is 1. The van der Waals surface area contributed by atoms with Gasteiger partial charge in [-0.15, -0.1) is 0 Å². The maximum absolute atomic E-state index is 11.9. The number of nitrogens with one attached hydrogen (secondary N) is 1. The highest BCUT2D eigenvalue weighted by Gasteiger charge is 2.39. The maximum atomic E-state index is 11.9. The van der Waals surface area contributed by atoms with Crippen molar-refractivity contribution in [2.45, 2.75) is 76.7 Å². The number of ether oxygens (including phenoxy) is 1.